The van der Waals surface area contributed by atoms with Gasteiger partial charge in [-0.15, -0.1) is 0 Å². The lowest BCUT2D eigenvalue weighted by atomic mass is 9.99. The Hall–Kier alpha value is -1.79. The van der Waals surface area contributed by atoms with Gasteiger partial charge < -0.3 is 15.8 Å². The molecule has 0 bridgehead atoms. The monoisotopic (exact) mass is 385 g/mol. The quantitative estimate of drug-likeness (QED) is 0.802. The summed E-state index contributed by atoms with van der Waals surface area (Å²) in [7, 11) is 0. The molecule has 2 aromatic carbocycles. The van der Waals surface area contributed by atoms with Crippen LogP contribution in [0.25, 0.3) is 0 Å². The van der Waals surface area contributed by atoms with Crippen LogP contribution in [0.3, 0.4) is 0 Å². The molecule has 0 amide bonds. The summed E-state index contributed by atoms with van der Waals surface area (Å²) < 4.78 is 19.6. The van der Waals surface area contributed by atoms with Crippen molar-refractivity contribution >= 4 is 0 Å². The van der Waals surface area contributed by atoms with E-state index in [-0.39, 0.29) is 17.9 Å². The normalized spacial score (nSPS) is 20.2. The zero-order valence-electron chi connectivity index (χ0n) is 16.7. The molecule has 28 heavy (non-hydrogen) atoms. The van der Waals surface area contributed by atoms with E-state index in [1.807, 2.05) is 19.1 Å². The van der Waals surface area contributed by atoms with E-state index >= 15 is 0 Å². The molecule has 1 heterocycles. The number of nitrogens with zero attached hydrogens (tertiary/aromatic N) is 1. The second-order valence-corrected chi connectivity index (χ2v) is 7.88. The number of benzene rings is 2. The molecule has 0 unspecified atom stereocenters. The molecule has 0 saturated carbocycles. The molecule has 4 nitrogen and oxygen atoms in total. The van der Waals surface area contributed by atoms with Crippen molar-refractivity contribution in [1.29, 1.82) is 0 Å². The minimum absolute atomic E-state index is 0.0246. The van der Waals surface area contributed by atoms with Crippen LogP contribution in [0.15, 0.2) is 48.5 Å². The van der Waals surface area contributed by atoms with Gasteiger partial charge >= 0.3 is 0 Å². The molecule has 1 fully saturated rings. The van der Waals surface area contributed by atoms with Crippen LogP contribution in [0.4, 0.5) is 4.39 Å². The van der Waals surface area contributed by atoms with Gasteiger partial charge in [0, 0.05) is 25.2 Å². The summed E-state index contributed by atoms with van der Waals surface area (Å²) in [4.78, 5) is 2.34. The maximum absolute atomic E-state index is 13.6. The number of ether oxygens (including phenoxy) is 1. The first-order chi connectivity index (χ1) is 13.6. The zero-order chi connectivity index (χ0) is 19.8. The molecule has 0 aromatic heterocycles. The van der Waals surface area contributed by atoms with Crippen LogP contribution in [-0.2, 0) is 17.7 Å². The van der Waals surface area contributed by atoms with Crippen molar-refractivity contribution in [2.45, 2.75) is 44.8 Å². The van der Waals surface area contributed by atoms with Crippen molar-refractivity contribution in [2.24, 2.45) is 5.73 Å². The second kappa shape index (κ2) is 10.7. The molecule has 0 aliphatic carbocycles. The van der Waals surface area contributed by atoms with Crippen LogP contribution >= 0.6 is 0 Å². The van der Waals surface area contributed by atoms with Gasteiger partial charge in [-0.2, -0.15) is 0 Å². The van der Waals surface area contributed by atoms with Crippen LogP contribution in [-0.4, -0.2) is 43.4 Å². The summed E-state index contributed by atoms with van der Waals surface area (Å²) in [5, 5.41) is 3.58. The Morgan fingerprint density at radius 3 is 2.82 bits per heavy atom. The van der Waals surface area contributed by atoms with Crippen molar-refractivity contribution in [1.82, 2.24) is 10.2 Å². The highest BCUT2D eigenvalue weighted by Gasteiger charge is 2.17. The molecule has 0 spiro atoms. The summed E-state index contributed by atoms with van der Waals surface area (Å²) in [5.41, 5.74) is 9.57. The number of rotatable bonds is 6. The molecule has 1 aliphatic rings. The van der Waals surface area contributed by atoms with Crippen molar-refractivity contribution < 1.29 is 9.13 Å². The van der Waals surface area contributed by atoms with E-state index in [0.717, 1.165) is 43.6 Å². The van der Waals surface area contributed by atoms with Gasteiger partial charge in [0.2, 0.25) is 0 Å². The van der Waals surface area contributed by atoms with Gasteiger partial charge in [-0.05, 0) is 61.6 Å². The van der Waals surface area contributed by atoms with Crippen molar-refractivity contribution in [3.05, 3.63) is 71.0 Å². The Labute approximate surface area is 167 Å². The largest absolute Gasteiger partial charge is 0.364 e. The van der Waals surface area contributed by atoms with Crippen LogP contribution < -0.4 is 11.1 Å². The third kappa shape index (κ3) is 6.99. The first kappa shape index (κ1) is 20.9. The van der Waals surface area contributed by atoms with Crippen molar-refractivity contribution in [3.63, 3.8) is 0 Å². The lowest BCUT2D eigenvalue weighted by molar-refractivity contribution is 0.0184. The Morgan fingerprint density at radius 1 is 1.21 bits per heavy atom. The summed E-state index contributed by atoms with van der Waals surface area (Å²) in [6, 6.07) is 15.8. The molecule has 1 aliphatic heterocycles. The average molecular weight is 386 g/mol. The Bertz CT molecular complexity index is 705. The first-order valence-corrected chi connectivity index (χ1v) is 10.2. The van der Waals surface area contributed by atoms with Crippen LogP contribution in [0.5, 0.6) is 0 Å². The number of nitrogens with two attached hydrogens (primary N) is 1. The van der Waals surface area contributed by atoms with Gasteiger partial charge in [-0.1, -0.05) is 36.4 Å². The fraction of sp³-hybridized carbons (Fsp3) is 0.478. The van der Waals surface area contributed by atoms with Crippen LogP contribution in [0.1, 0.15) is 29.5 Å². The highest BCUT2D eigenvalue weighted by molar-refractivity contribution is 5.24. The Kier molecular flexibility index (Phi) is 7.98. The molecule has 5 heteroatoms. The highest BCUT2D eigenvalue weighted by Crippen LogP contribution is 2.13. The SMILES string of the molecule is Cc1cc(F)cc(C[C@H](N)C[C@H]2COCN(Cc3ccccc3)CCCN2)c1. The minimum atomic E-state index is -0.190. The molecular weight excluding hydrogens is 353 g/mol. The Balaban J connectivity index is 1.47. The van der Waals surface area contributed by atoms with E-state index in [2.05, 4.69) is 34.5 Å². The average Bonchev–Trinajstić information content (AvgIpc) is 2.74. The summed E-state index contributed by atoms with van der Waals surface area (Å²) in [6.45, 7) is 6.04. The predicted octanol–water partition coefficient (Wildman–Crippen LogP) is 3.23. The van der Waals surface area contributed by atoms with Gasteiger partial charge in [0.15, 0.2) is 0 Å². The molecular formula is C23H32FN3O. The number of hydrogen-bond donors (Lipinski definition) is 2. The number of hydrogen-bond acceptors (Lipinski definition) is 4. The maximum Gasteiger partial charge on any atom is 0.123 e. The highest BCUT2D eigenvalue weighted by atomic mass is 19.1. The second-order valence-electron chi connectivity index (χ2n) is 7.88. The van der Waals surface area contributed by atoms with Gasteiger partial charge in [-0.3, -0.25) is 4.90 Å². The van der Waals surface area contributed by atoms with E-state index < -0.39 is 0 Å². The lowest BCUT2D eigenvalue weighted by Gasteiger charge is -2.23. The Morgan fingerprint density at radius 2 is 2.04 bits per heavy atom. The summed E-state index contributed by atoms with van der Waals surface area (Å²) in [5.74, 6) is -0.190. The molecule has 2 aromatic rings. The van der Waals surface area contributed by atoms with E-state index in [4.69, 9.17) is 10.5 Å². The smallest absolute Gasteiger partial charge is 0.123 e. The van der Waals surface area contributed by atoms with Crippen molar-refractivity contribution in [2.75, 3.05) is 26.4 Å². The van der Waals surface area contributed by atoms with Gasteiger partial charge in [0.05, 0.1) is 13.3 Å². The lowest BCUT2D eigenvalue weighted by Crippen LogP contribution is -2.40. The van der Waals surface area contributed by atoms with E-state index in [1.165, 1.54) is 5.56 Å². The molecule has 3 N–H and O–H groups in total. The molecule has 152 valence electrons. The zero-order valence-corrected chi connectivity index (χ0v) is 16.7. The minimum Gasteiger partial charge on any atom is -0.364 e. The number of halogens is 1. The third-order valence-electron chi connectivity index (χ3n) is 5.11. The van der Waals surface area contributed by atoms with Crippen molar-refractivity contribution in [3.8, 4) is 0 Å². The molecule has 0 radical (unpaired) electrons. The predicted molar refractivity (Wildman–Crippen MR) is 112 cm³/mol. The van der Waals surface area contributed by atoms with Gasteiger partial charge in [0.25, 0.3) is 0 Å². The van der Waals surface area contributed by atoms with Gasteiger partial charge in [-0.25, -0.2) is 4.39 Å². The maximum atomic E-state index is 13.6. The fourth-order valence-electron chi connectivity index (χ4n) is 3.86. The van der Waals surface area contributed by atoms with Gasteiger partial charge in [0.1, 0.15) is 5.82 Å². The van der Waals surface area contributed by atoms with Crippen LogP contribution in [0.2, 0.25) is 0 Å². The number of aryl methyl sites for hydroxylation is 1. The summed E-state index contributed by atoms with van der Waals surface area (Å²) in [6.07, 6.45) is 2.57. The van der Waals surface area contributed by atoms with E-state index in [0.29, 0.717) is 19.8 Å². The molecule has 3 rings (SSSR count). The van der Waals surface area contributed by atoms with E-state index in [9.17, 15) is 4.39 Å². The molecule has 1 saturated heterocycles. The summed E-state index contributed by atoms with van der Waals surface area (Å²) >= 11 is 0. The first-order valence-electron chi connectivity index (χ1n) is 10.2. The van der Waals surface area contributed by atoms with Crippen LogP contribution in [0, 0.1) is 12.7 Å². The van der Waals surface area contributed by atoms with E-state index in [1.54, 1.807) is 12.1 Å². The third-order valence-corrected chi connectivity index (χ3v) is 5.11. The topological polar surface area (TPSA) is 50.5 Å². The standard InChI is InChI=1S/C23H32FN3O/c1-18-10-20(12-21(24)11-18)13-22(25)14-23-16-28-17-27(9-5-8-26-23)15-19-6-3-2-4-7-19/h2-4,6-7,10-12,22-23,26H,5,8-9,13-17,25H2,1H3/t22-,23-/m0/s1. The molecule has 2 atom stereocenters. The fourth-order valence-corrected chi connectivity index (χ4v) is 3.86. The number of nitrogens with one attached hydrogen (secondary N) is 1.